The summed E-state index contributed by atoms with van der Waals surface area (Å²) < 4.78 is 30.6. The maximum Gasteiger partial charge on any atom is 0.508 e. The smallest absolute Gasteiger partial charge is 0.434 e. The molecule has 3 aromatic carbocycles. The third-order valence-corrected chi connectivity index (χ3v) is 5.40. The van der Waals surface area contributed by atoms with Crippen molar-refractivity contribution < 1.29 is 42.8 Å². The molecule has 0 aromatic heterocycles. The molecule has 0 fully saturated rings. The zero-order valence-corrected chi connectivity index (χ0v) is 21.6. The van der Waals surface area contributed by atoms with Crippen molar-refractivity contribution in [2.45, 2.75) is 25.4 Å². The SMILES string of the molecule is O=C(OCCc1ccccc1)OCC(COC(=O)OCCc1ccccc1)OC(=O)OCCc1ccccc1. The fourth-order valence-electron chi connectivity index (χ4n) is 3.38. The molecule has 0 aliphatic heterocycles. The Balaban J connectivity index is 1.41. The summed E-state index contributed by atoms with van der Waals surface area (Å²) in [5.41, 5.74) is 3.00. The van der Waals surface area contributed by atoms with Gasteiger partial charge in [-0.2, -0.15) is 0 Å². The van der Waals surface area contributed by atoms with Crippen LogP contribution in [0.25, 0.3) is 0 Å². The van der Waals surface area contributed by atoms with Gasteiger partial charge in [-0.15, -0.1) is 0 Å². The molecule has 3 rings (SSSR count). The van der Waals surface area contributed by atoms with Crippen LogP contribution in [0.4, 0.5) is 14.4 Å². The minimum atomic E-state index is -1.13. The summed E-state index contributed by atoms with van der Waals surface area (Å²) in [6.07, 6.45) is -2.47. The largest absolute Gasteiger partial charge is 0.508 e. The molecule has 0 atom stereocenters. The Morgan fingerprint density at radius 1 is 0.462 bits per heavy atom. The molecule has 9 heteroatoms. The van der Waals surface area contributed by atoms with E-state index in [4.69, 9.17) is 28.4 Å². The standard InChI is InChI=1S/C30H32O9/c31-28(34-19-16-24-10-4-1-5-11-24)37-22-27(39-30(33)36-21-18-26-14-8-3-9-15-26)23-38-29(32)35-20-17-25-12-6-2-7-13-25/h1-15,27H,16-23H2. The third-order valence-electron chi connectivity index (χ3n) is 5.40. The van der Waals surface area contributed by atoms with Gasteiger partial charge in [0, 0.05) is 19.3 Å². The van der Waals surface area contributed by atoms with Crippen molar-refractivity contribution in [1.29, 1.82) is 0 Å². The maximum atomic E-state index is 12.2. The molecular formula is C30H32O9. The molecule has 206 valence electrons. The second-order valence-corrected chi connectivity index (χ2v) is 8.36. The Morgan fingerprint density at radius 3 is 1.15 bits per heavy atom. The average Bonchev–Trinajstić information content (AvgIpc) is 2.96. The Hall–Kier alpha value is -4.53. The lowest BCUT2D eigenvalue weighted by atomic mass is 10.2. The van der Waals surface area contributed by atoms with Crippen LogP contribution >= 0.6 is 0 Å². The van der Waals surface area contributed by atoms with E-state index in [0.717, 1.165) is 16.7 Å². The summed E-state index contributed by atoms with van der Waals surface area (Å²) >= 11 is 0. The second kappa shape index (κ2) is 17.1. The van der Waals surface area contributed by atoms with E-state index in [1.54, 1.807) is 0 Å². The van der Waals surface area contributed by atoms with E-state index in [1.165, 1.54) is 0 Å². The molecule has 0 radical (unpaired) electrons. The molecule has 9 nitrogen and oxygen atoms in total. The summed E-state index contributed by atoms with van der Waals surface area (Å²) in [5, 5.41) is 0. The van der Waals surface area contributed by atoms with Gasteiger partial charge in [-0.1, -0.05) is 91.0 Å². The first-order valence-electron chi connectivity index (χ1n) is 12.6. The van der Waals surface area contributed by atoms with Crippen LogP contribution in [-0.2, 0) is 47.7 Å². The second-order valence-electron chi connectivity index (χ2n) is 8.36. The van der Waals surface area contributed by atoms with Crippen LogP contribution in [0.15, 0.2) is 91.0 Å². The van der Waals surface area contributed by atoms with Crippen molar-refractivity contribution in [1.82, 2.24) is 0 Å². The monoisotopic (exact) mass is 536 g/mol. The van der Waals surface area contributed by atoms with E-state index >= 15 is 0 Å². The minimum absolute atomic E-state index is 0.0837. The first-order valence-corrected chi connectivity index (χ1v) is 12.6. The van der Waals surface area contributed by atoms with Crippen molar-refractivity contribution in [2.75, 3.05) is 33.0 Å². The fraction of sp³-hybridized carbons (Fsp3) is 0.300. The normalized spacial score (nSPS) is 10.4. The highest BCUT2D eigenvalue weighted by Crippen LogP contribution is 2.06. The molecule has 0 saturated carbocycles. The van der Waals surface area contributed by atoms with Crippen LogP contribution in [0.1, 0.15) is 16.7 Å². The average molecular weight is 537 g/mol. The molecule has 3 aromatic rings. The number of carbonyl (C=O) groups excluding carboxylic acids is 3. The summed E-state index contributed by atoms with van der Waals surface area (Å²) in [5.74, 6) is 0. The number of hydrogen-bond acceptors (Lipinski definition) is 9. The van der Waals surface area contributed by atoms with Gasteiger partial charge in [0.15, 0.2) is 6.10 Å². The Morgan fingerprint density at radius 2 is 0.795 bits per heavy atom. The van der Waals surface area contributed by atoms with Gasteiger partial charge in [-0.3, -0.25) is 0 Å². The molecule has 0 aliphatic rings. The predicted octanol–water partition coefficient (Wildman–Crippen LogP) is 5.54. The van der Waals surface area contributed by atoms with E-state index in [9.17, 15) is 14.4 Å². The highest BCUT2D eigenvalue weighted by atomic mass is 16.8. The molecule has 0 aliphatic carbocycles. The first kappa shape index (κ1) is 29.0. The number of carbonyl (C=O) groups is 3. The molecule has 0 spiro atoms. The Labute approximate surface area is 227 Å². The fourth-order valence-corrected chi connectivity index (χ4v) is 3.38. The lowest BCUT2D eigenvalue weighted by molar-refractivity contribution is -0.0450. The quantitative estimate of drug-likeness (QED) is 0.194. The summed E-state index contributed by atoms with van der Waals surface area (Å²) in [4.78, 5) is 36.2. The predicted molar refractivity (Wildman–Crippen MR) is 141 cm³/mol. The molecule has 0 saturated heterocycles. The van der Waals surface area contributed by atoms with E-state index in [1.807, 2.05) is 91.0 Å². The van der Waals surface area contributed by atoms with E-state index < -0.39 is 37.8 Å². The highest BCUT2D eigenvalue weighted by Gasteiger charge is 2.21. The number of ether oxygens (including phenoxy) is 6. The van der Waals surface area contributed by atoms with Gasteiger partial charge >= 0.3 is 18.5 Å². The van der Waals surface area contributed by atoms with Crippen LogP contribution in [0.3, 0.4) is 0 Å². The summed E-state index contributed by atoms with van der Waals surface area (Å²) in [7, 11) is 0. The van der Waals surface area contributed by atoms with Gasteiger partial charge < -0.3 is 28.4 Å². The van der Waals surface area contributed by atoms with E-state index in [-0.39, 0.29) is 19.8 Å². The van der Waals surface area contributed by atoms with Crippen LogP contribution in [0, 0.1) is 0 Å². The number of hydrogen-bond donors (Lipinski definition) is 0. The van der Waals surface area contributed by atoms with Crippen LogP contribution in [0.2, 0.25) is 0 Å². The van der Waals surface area contributed by atoms with Gasteiger partial charge in [-0.05, 0) is 16.7 Å². The topological polar surface area (TPSA) is 107 Å². The van der Waals surface area contributed by atoms with E-state index in [0.29, 0.717) is 19.3 Å². The maximum absolute atomic E-state index is 12.2. The van der Waals surface area contributed by atoms with Crippen molar-refractivity contribution in [3.8, 4) is 0 Å². The molecule has 0 N–H and O–H groups in total. The zero-order chi connectivity index (χ0) is 27.5. The van der Waals surface area contributed by atoms with Crippen LogP contribution in [-0.4, -0.2) is 57.6 Å². The first-order chi connectivity index (χ1) is 19.1. The third kappa shape index (κ3) is 12.5. The summed E-state index contributed by atoms with van der Waals surface area (Å²) in [6.45, 7) is -0.509. The summed E-state index contributed by atoms with van der Waals surface area (Å²) in [6, 6.07) is 28.5. The zero-order valence-electron chi connectivity index (χ0n) is 21.6. The lowest BCUT2D eigenvalue weighted by Gasteiger charge is -2.17. The van der Waals surface area contributed by atoms with Crippen molar-refractivity contribution >= 4 is 18.5 Å². The van der Waals surface area contributed by atoms with Crippen molar-refractivity contribution in [2.24, 2.45) is 0 Å². The Bertz CT molecular complexity index is 1060. The number of rotatable bonds is 14. The van der Waals surface area contributed by atoms with Crippen molar-refractivity contribution in [3.63, 3.8) is 0 Å². The highest BCUT2D eigenvalue weighted by molar-refractivity contribution is 5.62. The van der Waals surface area contributed by atoms with E-state index in [2.05, 4.69) is 0 Å². The lowest BCUT2D eigenvalue weighted by Crippen LogP contribution is -2.31. The molecule has 0 bridgehead atoms. The van der Waals surface area contributed by atoms with Gasteiger partial charge in [-0.25, -0.2) is 14.4 Å². The van der Waals surface area contributed by atoms with Crippen molar-refractivity contribution in [3.05, 3.63) is 108 Å². The van der Waals surface area contributed by atoms with Gasteiger partial charge in [0.05, 0.1) is 19.8 Å². The Kier molecular flexibility index (Phi) is 12.7. The molecular weight excluding hydrogens is 504 g/mol. The van der Waals surface area contributed by atoms with Crippen LogP contribution in [0.5, 0.6) is 0 Å². The molecule has 0 amide bonds. The van der Waals surface area contributed by atoms with Gasteiger partial charge in [0.1, 0.15) is 13.2 Å². The molecule has 39 heavy (non-hydrogen) atoms. The molecule has 0 unspecified atom stereocenters. The minimum Gasteiger partial charge on any atom is -0.434 e. The van der Waals surface area contributed by atoms with Gasteiger partial charge in [0.25, 0.3) is 0 Å². The van der Waals surface area contributed by atoms with Gasteiger partial charge in [0.2, 0.25) is 0 Å². The molecule has 0 heterocycles. The van der Waals surface area contributed by atoms with Crippen LogP contribution < -0.4 is 0 Å². The number of benzene rings is 3.